The van der Waals surface area contributed by atoms with E-state index in [0.29, 0.717) is 5.75 Å². The van der Waals surface area contributed by atoms with Crippen LogP contribution in [0.15, 0.2) is 18.2 Å². The summed E-state index contributed by atoms with van der Waals surface area (Å²) in [4.78, 5) is 0. The van der Waals surface area contributed by atoms with Crippen molar-refractivity contribution in [2.45, 2.75) is 18.4 Å². The molecule has 1 aromatic carbocycles. The minimum atomic E-state index is -0.286. The van der Waals surface area contributed by atoms with Gasteiger partial charge in [-0.1, -0.05) is 6.07 Å². The number of hydrogen-bond acceptors (Lipinski definition) is 2. The molecule has 0 heterocycles. The zero-order valence-corrected chi connectivity index (χ0v) is 9.66. The topological polar surface area (TPSA) is 21.3 Å². The lowest BCUT2D eigenvalue weighted by molar-refractivity contribution is 0.385. The molecule has 4 heteroatoms. The smallest absolute Gasteiger partial charge is 0.165 e. The van der Waals surface area contributed by atoms with Crippen molar-refractivity contribution in [2.24, 2.45) is 0 Å². The van der Waals surface area contributed by atoms with Crippen LogP contribution >= 0.6 is 12.4 Å². The molecule has 0 aliphatic heterocycles. The van der Waals surface area contributed by atoms with Crippen LogP contribution in [0.3, 0.4) is 0 Å². The predicted molar refractivity (Wildman–Crippen MR) is 60.2 cm³/mol. The summed E-state index contributed by atoms with van der Waals surface area (Å²) in [6.45, 7) is 0. The van der Waals surface area contributed by atoms with Crippen LogP contribution < -0.4 is 10.1 Å². The summed E-state index contributed by atoms with van der Waals surface area (Å²) in [5.41, 5.74) is 1.03. The fourth-order valence-electron chi connectivity index (χ4n) is 1.77. The largest absolute Gasteiger partial charge is 0.494 e. The first-order valence-electron chi connectivity index (χ1n) is 4.75. The van der Waals surface area contributed by atoms with Gasteiger partial charge >= 0.3 is 0 Å². The molecule has 0 spiro atoms. The zero-order valence-electron chi connectivity index (χ0n) is 8.84. The Balaban J connectivity index is 0.00000112. The molecule has 0 saturated heterocycles. The predicted octanol–water partition coefficient (Wildman–Crippen LogP) is 2.46. The fourth-order valence-corrected chi connectivity index (χ4v) is 1.77. The third kappa shape index (κ3) is 2.08. The molecule has 1 aromatic rings. The molecule has 2 nitrogen and oxygen atoms in total. The van der Waals surface area contributed by atoms with Gasteiger partial charge in [-0.05, 0) is 37.6 Å². The molecule has 2 rings (SSSR count). The Labute approximate surface area is 95.2 Å². The van der Waals surface area contributed by atoms with Crippen LogP contribution in [0.25, 0.3) is 0 Å². The van der Waals surface area contributed by atoms with Crippen molar-refractivity contribution >= 4 is 12.4 Å². The van der Waals surface area contributed by atoms with E-state index in [1.807, 2.05) is 13.1 Å². The van der Waals surface area contributed by atoms with E-state index >= 15 is 0 Å². The average molecular weight is 232 g/mol. The molecule has 1 fully saturated rings. The number of halogens is 2. The van der Waals surface area contributed by atoms with Crippen molar-refractivity contribution in [3.05, 3.63) is 29.6 Å². The number of rotatable bonds is 3. The molecule has 1 aliphatic carbocycles. The molecule has 0 unspecified atom stereocenters. The second-order valence-corrected chi connectivity index (χ2v) is 3.68. The van der Waals surface area contributed by atoms with E-state index in [1.165, 1.54) is 7.11 Å². The van der Waals surface area contributed by atoms with Gasteiger partial charge in [-0.2, -0.15) is 0 Å². The van der Waals surface area contributed by atoms with Gasteiger partial charge in [-0.3, -0.25) is 0 Å². The van der Waals surface area contributed by atoms with Gasteiger partial charge in [0.2, 0.25) is 0 Å². The van der Waals surface area contributed by atoms with Crippen LogP contribution in [0.2, 0.25) is 0 Å². The van der Waals surface area contributed by atoms with Gasteiger partial charge in [0.15, 0.2) is 11.6 Å². The molecule has 1 aliphatic rings. The van der Waals surface area contributed by atoms with Gasteiger partial charge in [0.25, 0.3) is 0 Å². The summed E-state index contributed by atoms with van der Waals surface area (Å²) in [5, 5.41) is 3.23. The first kappa shape index (κ1) is 12.3. The van der Waals surface area contributed by atoms with Gasteiger partial charge in [0, 0.05) is 5.54 Å². The van der Waals surface area contributed by atoms with Crippen molar-refractivity contribution in [1.82, 2.24) is 5.32 Å². The minimum absolute atomic E-state index is 0. The number of methoxy groups -OCH3 is 1. The van der Waals surface area contributed by atoms with Gasteiger partial charge in [0.1, 0.15) is 0 Å². The Morgan fingerprint density at radius 2 is 2.07 bits per heavy atom. The summed E-state index contributed by atoms with van der Waals surface area (Å²) in [6.07, 6.45) is 2.16. The van der Waals surface area contributed by atoms with E-state index < -0.39 is 0 Å². The highest BCUT2D eigenvalue weighted by Gasteiger charge is 2.42. The molecule has 0 amide bonds. The molecule has 84 valence electrons. The lowest BCUT2D eigenvalue weighted by Gasteiger charge is -2.15. The maximum Gasteiger partial charge on any atom is 0.165 e. The number of nitrogens with one attached hydrogen (secondary N) is 1. The second kappa shape index (κ2) is 4.37. The molecule has 0 bridgehead atoms. The quantitative estimate of drug-likeness (QED) is 0.863. The third-order valence-corrected chi connectivity index (χ3v) is 2.93. The van der Waals surface area contributed by atoms with E-state index in [9.17, 15) is 4.39 Å². The Morgan fingerprint density at radius 1 is 1.40 bits per heavy atom. The molecule has 1 saturated carbocycles. The summed E-state index contributed by atoms with van der Waals surface area (Å²) in [6, 6.07) is 5.16. The number of ether oxygens (including phenoxy) is 1. The van der Waals surface area contributed by atoms with E-state index in [4.69, 9.17) is 4.74 Å². The van der Waals surface area contributed by atoms with Crippen molar-refractivity contribution in [1.29, 1.82) is 0 Å². The molecule has 0 radical (unpaired) electrons. The van der Waals surface area contributed by atoms with Gasteiger partial charge in [-0.25, -0.2) is 4.39 Å². The monoisotopic (exact) mass is 231 g/mol. The first-order valence-corrected chi connectivity index (χ1v) is 4.75. The van der Waals surface area contributed by atoms with Crippen molar-refractivity contribution in [3.8, 4) is 5.75 Å². The molecular formula is C11H15ClFNO. The first-order chi connectivity index (χ1) is 6.72. The molecule has 1 N–H and O–H groups in total. The Hall–Kier alpha value is -0.800. The Kier molecular flexibility index (Phi) is 3.58. The molecule has 15 heavy (non-hydrogen) atoms. The highest BCUT2D eigenvalue weighted by Crippen LogP contribution is 2.45. The number of benzene rings is 1. The van der Waals surface area contributed by atoms with Crippen molar-refractivity contribution < 1.29 is 9.13 Å². The SMILES string of the molecule is CNC1(c2ccc(OC)c(F)c2)CC1.Cl. The van der Waals surface area contributed by atoms with Crippen LogP contribution in [0, 0.1) is 5.82 Å². The summed E-state index contributed by atoms with van der Waals surface area (Å²) >= 11 is 0. The fraction of sp³-hybridized carbons (Fsp3) is 0.455. The molecule has 0 atom stereocenters. The minimum Gasteiger partial charge on any atom is -0.494 e. The lowest BCUT2D eigenvalue weighted by atomic mass is 10.0. The van der Waals surface area contributed by atoms with Gasteiger partial charge in [0.05, 0.1) is 7.11 Å². The molecular weight excluding hydrogens is 217 g/mol. The summed E-state index contributed by atoms with van der Waals surface area (Å²) in [5.74, 6) is 0.0205. The zero-order chi connectivity index (χ0) is 10.2. The van der Waals surface area contributed by atoms with E-state index in [2.05, 4.69) is 5.32 Å². The molecule has 0 aromatic heterocycles. The van der Waals surface area contributed by atoms with Gasteiger partial charge in [-0.15, -0.1) is 12.4 Å². The van der Waals surface area contributed by atoms with Crippen LogP contribution in [-0.4, -0.2) is 14.2 Å². The maximum atomic E-state index is 13.4. The van der Waals surface area contributed by atoms with E-state index in [1.54, 1.807) is 12.1 Å². The van der Waals surface area contributed by atoms with Crippen LogP contribution in [-0.2, 0) is 5.54 Å². The standard InChI is InChI=1S/C11H14FNO.ClH/c1-13-11(5-6-11)8-3-4-10(14-2)9(12)7-8;/h3-4,7,13H,5-6H2,1-2H3;1H. The third-order valence-electron chi connectivity index (χ3n) is 2.93. The number of hydrogen-bond donors (Lipinski definition) is 1. The van der Waals surface area contributed by atoms with E-state index in [0.717, 1.165) is 18.4 Å². The van der Waals surface area contributed by atoms with Crippen LogP contribution in [0.4, 0.5) is 4.39 Å². The van der Waals surface area contributed by atoms with E-state index in [-0.39, 0.29) is 23.8 Å². The Bertz CT molecular complexity index is 352. The average Bonchev–Trinajstić information content (AvgIpc) is 2.98. The van der Waals surface area contributed by atoms with Crippen molar-refractivity contribution in [2.75, 3.05) is 14.2 Å². The van der Waals surface area contributed by atoms with Crippen LogP contribution in [0.1, 0.15) is 18.4 Å². The Morgan fingerprint density at radius 3 is 2.47 bits per heavy atom. The van der Waals surface area contributed by atoms with Gasteiger partial charge < -0.3 is 10.1 Å². The second-order valence-electron chi connectivity index (χ2n) is 3.68. The maximum absolute atomic E-state index is 13.4. The summed E-state index contributed by atoms with van der Waals surface area (Å²) in [7, 11) is 3.39. The lowest BCUT2D eigenvalue weighted by Crippen LogP contribution is -2.24. The van der Waals surface area contributed by atoms with Crippen molar-refractivity contribution in [3.63, 3.8) is 0 Å². The van der Waals surface area contributed by atoms with Crippen LogP contribution in [0.5, 0.6) is 5.75 Å². The normalized spacial score (nSPS) is 16.7. The highest BCUT2D eigenvalue weighted by molar-refractivity contribution is 5.85. The summed E-state index contributed by atoms with van der Waals surface area (Å²) < 4.78 is 18.3. The highest BCUT2D eigenvalue weighted by atomic mass is 35.5.